The van der Waals surface area contributed by atoms with Crippen molar-refractivity contribution in [2.45, 2.75) is 44.4 Å². The van der Waals surface area contributed by atoms with Gasteiger partial charge in [0.1, 0.15) is 0 Å². The Kier molecular flexibility index (Phi) is 15.3. The van der Waals surface area contributed by atoms with Gasteiger partial charge in [-0.2, -0.15) is 0 Å². The predicted octanol–water partition coefficient (Wildman–Crippen LogP) is 6.59. The van der Waals surface area contributed by atoms with Crippen molar-refractivity contribution >= 4 is 66.2 Å². The normalized spacial score (nSPS) is 19.0. The number of unbranched alkanes of at least 4 members (excludes halogenated alkanes) is 3. The molecule has 0 fully saturated rings. The van der Waals surface area contributed by atoms with Crippen LogP contribution in [0.5, 0.6) is 0 Å². The van der Waals surface area contributed by atoms with Gasteiger partial charge in [0.15, 0.2) is 0 Å². The summed E-state index contributed by atoms with van der Waals surface area (Å²) in [4.78, 5) is 0. The highest BCUT2D eigenvalue weighted by Gasteiger charge is 2.20. The van der Waals surface area contributed by atoms with Crippen LogP contribution in [0.3, 0.4) is 0 Å². The number of hydrogen-bond donors (Lipinski definition) is 0. The fraction of sp³-hybridized carbons (Fsp3) is 1.00. The van der Waals surface area contributed by atoms with Crippen LogP contribution in [0.4, 0.5) is 0 Å². The van der Waals surface area contributed by atoms with Crippen molar-refractivity contribution in [1.29, 1.82) is 0 Å². The molecule has 0 N–H and O–H groups in total. The maximum absolute atomic E-state index is 3.12. The second-order valence-electron chi connectivity index (χ2n) is 3.36. The fourth-order valence-corrected chi connectivity index (χ4v) is 40.2. The zero-order valence-electron chi connectivity index (χ0n) is 9.32. The van der Waals surface area contributed by atoms with Crippen LogP contribution in [0.25, 0.3) is 0 Å². The van der Waals surface area contributed by atoms with E-state index in [2.05, 4.69) is 42.9 Å². The lowest BCUT2D eigenvalue weighted by Crippen LogP contribution is -1.90. The van der Waals surface area contributed by atoms with Crippen molar-refractivity contribution in [3.05, 3.63) is 0 Å². The Balaban J connectivity index is 3.77. The molecule has 0 aromatic carbocycles. The summed E-state index contributed by atoms with van der Waals surface area (Å²) < 4.78 is 0. The molecule has 0 aliphatic rings. The predicted molar refractivity (Wildman–Crippen MR) is 102 cm³/mol. The Bertz CT molecular complexity index is 143. The van der Waals surface area contributed by atoms with Crippen molar-refractivity contribution < 1.29 is 0 Å². The van der Waals surface area contributed by atoms with Gasteiger partial charge < -0.3 is 0 Å². The summed E-state index contributed by atoms with van der Waals surface area (Å²) in [6.45, 7) is 2.52. The molecule has 0 heterocycles. The maximum atomic E-state index is 3.12. The lowest BCUT2D eigenvalue weighted by molar-refractivity contribution is 0.652. The first-order valence-electron chi connectivity index (χ1n) is 5.19. The minimum absolute atomic E-state index is 0.237. The molecule has 0 radical (unpaired) electrons. The summed E-state index contributed by atoms with van der Waals surface area (Å²) in [5.41, 5.74) is 0. The third kappa shape index (κ3) is 9.04. The van der Waals surface area contributed by atoms with E-state index in [1.807, 2.05) is 0 Å². The Hall–Kier alpha value is 3.44. The van der Waals surface area contributed by atoms with Crippen LogP contribution in [0.1, 0.15) is 39.0 Å². The number of rotatable bonds is 9. The molecule has 0 amide bonds. The van der Waals surface area contributed by atoms with Gasteiger partial charge in [-0.15, -0.1) is 36.0 Å². The Morgan fingerprint density at radius 3 is 2.27 bits per heavy atom. The van der Waals surface area contributed by atoms with E-state index in [9.17, 15) is 0 Å². The van der Waals surface area contributed by atoms with Crippen molar-refractivity contribution in [1.82, 2.24) is 0 Å². The first kappa shape index (κ1) is 18.4. The second-order valence-corrected chi connectivity index (χ2v) is 25.6. The summed E-state index contributed by atoms with van der Waals surface area (Å²) >= 11 is 0. The van der Waals surface area contributed by atoms with Crippen molar-refractivity contribution in [2.75, 3.05) is 0 Å². The minimum atomic E-state index is 0.237. The van der Waals surface area contributed by atoms with E-state index >= 15 is 0 Å². The monoisotopic (exact) mass is 356 g/mol. The van der Waals surface area contributed by atoms with E-state index in [-0.39, 0.29) is 14.3 Å². The summed E-state index contributed by atoms with van der Waals surface area (Å²) in [6, 6.07) is 0. The van der Waals surface area contributed by atoms with Gasteiger partial charge in [-0.25, -0.2) is 0 Å². The second kappa shape index (κ2) is 12.5. The van der Waals surface area contributed by atoms with Crippen LogP contribution in [0, 0.1) is 0 Å². The lowest BCUT2D eigenvalue weighted by atomic mass is 10.2. The summed E-state index contributed by atoms with van der Waals surface area (Å²) in [7, 11) is 14.6. The first-order chi connectivity index (χ1) is 7.17. The molecule has 0 saturated carbocycles. The Morgan fingerprint density at radius 2 is 1.80 bits per heavy atom. The zero-order chi connectivity index (χ0) is 11.7. The molecule has 0 spiro atoms. The zero-order valence-corrected chi connectivity index (χ0v) is 17.7. The van der Waals surface area contributed by atoms with Gasteiger partial charge in [0.2, 0.25) is 0 Å². The van der Waals surface area contributed by atoms with Gasteiger partial charge in [0, 0.05) is 5.40 Å². The van der Waals surface area contributed by atoms with Crippen LogP contribution in [-0.2, 0) is 0 Å². The first-order valence-corrected chi connectivity index (χ1v) is 18.2. The Labute approximate surface area is 110 Å². The maximum Gasteiger partial charge on any atom is 0.00214 e. The van der Waals surface area contributed by atoms with E-state index < -0.39 is 0 Å². The molecule has 0 saturated heterocycles. The van der Waals surface area contributed by atoms with E-state index in [0.29, 0.717) is 0 Å². The number of hydrogen-bond acceptors (Lipinski definition) is 0. The largest absolute Gasteiger partial charge is 0.129 e. The smallest absolute Gasteiger partial charge is 0.00214 e. The molecule has 9 unspecified atom stereocenters. The van der Waals surface area contributed by atoms with Gasteiger partial charge in [-0.1, -0.05) is 48.5 Å². The van der Waals surface area contributed by atoms with Crippen molar-refractivity contribution in [2.24, 2.45) is 0 Å². The van der Waals surface area contributed by atoms with Crippen LogP contribution in [-0.4, -0.2) is 5.40 Å². The summed E-state index contributed by atoms with van der Waals surface area (Å²) in [5, 5.41) is 0.907. The summed E-state index contributed by atoms with van der Waals surface area (Å²) in [5.74, 6) is 0. The highest BCUT2D eigenvalue weighted by atomic mass is 33.0. The SMILES string of the molecule is CCCCCCC(P)P(PP)P(P)PP. The van der Waals surface area contributed by atoms with E-state index in [0.717, 1.165) is 21.3 Å². The molecule has 0 aromatic rings. The fourth-order valence-electron chi connectivity index (χ4n) is 1.28. The lowest BCUT2D eigenvalue weighted by Gasteiger charge is -2.28. The van der Waals surface area contributed by atoms with Crippen LogP contribution >= 0.6 is 66.2 Å². The molecular formula is C7H24P8. The Morgan fingerprint density at radius 1 is 1.13 bits per heavy atom. The molecule has 0 aromatic heterocycles. The molecule has 8 heteroatoms. The van der Waals surface area contributed by atoms with Crippen LogP contribution < -0.4 is 0 Å². The quantitative estimate of drug-likeness (QED) is 0.323. The molecule has 0 rings (SSSR count). The van der Waals surface area contributed by atoms with E-state index in [1.165, 1.54) is 32.1 Å². The van der Waals surface area contributed by atoms with E-state index in [1.54, 1.807) is 0 Å². The molecule has 0 nitrogen and oxygen atoms in total. The third-order valence-corrected chi connectivity index (χ3v) is 36.8. The van der Waals surface area contributed by atoms with Gasteiger partial charge in [-0.05, 0) is 20.7 Å². The van der Waals surface area contributed by atoms with Crippen molar-refractivity contribution in [3.8, 4) is 0 Å². The molecule has 0 aliphatic carbocycles. The summed E-state index contributed by atoms with van der Waals surface area (Å²) in [6.07, 6.45) is 7.07. The molecule has 0 bridgehead atoms. The van der Waals surface area contributed by atoms with Crippen LogP contribution in [0.15, 0.2) is 0 Å². The molecule has 92 valence electrons. The van der Waals surface area contributed by atoms with E-state index in [4.69, 9.17) is 0 Å². The van der Waals surface area contributed by atoms with Crippen molar-refractivity contribution in [3.63, 3.8) is 0 Å². The minimum Gasteiger partial charge on any atom is -0.129 e. The molecule has 0 aliphatic heterocycles. The van der Waals surface area contributed by atoms with Gasteiger partial charge >= 0.3 is 0 Å². The van der Waals surface area contributed by atoms with Gasteiger partial charge in [0.25, 0.3) is 0 Å². The van der Waals surface area contributed by atoms with Crippen LogP contribution in [0.2, 0.25) is 0 Å². The molecular weight excluding hydrogens is 332 g/mol. The molecule has 9 atom stereocenters. The third-order valence-electron chi connectivity index (χ3n) is 2.16. The molecule has 15 heavy (non-hydrogen) atoms. The van der Waals surface area contributed by atoms with Gasteiger partial charge in [0.05, 0.1) is 0 Å². The average molecular weight is 356 g/mol. The average Bonchev–Trinajstić information content (AvgIpc) is 2.25. The highest BCUT2D eigenvalue weighted by molar-refractivity contribution is 8.94. The topological polar surface area (TPSA) is 0 Å². The highest BCUT2D eigenvalue weighted by Crippen LogP contribution is 2.95. The standard InChI is InChI=1S/C7H24P8/c1-2-3-4-5-6-7(8)14(12-9)15(11)13-10/h7,12-13H,2-6,8-11H2,1H3. The van der Waals surface area contributed by atoms with Gasteiger partial charge in [-0.3, -0.25) is 0 Å².